The Balaban J connectivity index is 1.65. The van der Waals surface area contributed by atoms with E-state index in [1.54, 1.807) is 24.3 Å². The number of hydrogen-bond acceptors (Lipinski definition) is 7. The lowest BCUT2D eigenvalue weighted by molar-refractivity contribution is -0.114. The minimum atomic E-state index is -0.453. The normalized spacial score (nSPS) is 11.9. The molecule has 3 rings (SSSR count). The molecule has 0 aliphatic heterocycles. The molecular formula is C19H20IN5O5. The van der Waals surface area contributed by atoms with E-state index < -0.39 is 11.5 Å². The topological polar surface area (TPSA) is 128 Å². The number of amides is 1. The average molecular weight is 525 g/mol. The monoisotopic (exact) mass is 525 g/mol. The maximum Gasteiger partial charge on any atom is 0.338 e. The minimum absolute atomic E-state index is 0.0294. The summed E-state index contributed by atoms with van der Waals surface area (Å²) >= 11 is 2.22. The Morgan fingerprint density at radius 2 is 2.07 bits per heavy atom. The molecule has 3 aromatic rings. The van der Waals surface area contributed by atoms with Crippen molar-refractivity contribution in [2.24, 2.45) is 0 Å². The van der Waals surface area contributed by atoms with E-state index in [0.29, 0.717) is 12.0 Å². The third kappa shape index (κ3) is 5.63. The molecule has 1 atom stereocenters. The van der Waals surface area contributed by atoms with Gasteiger partial charge in [0.2, 0.25) is 11.9 Å². The number of benzene rings is 1. The van der Waals surface area contributed by atoms with Gasteiger partial charge in [0.05, 0.1) is 18.0 Å². The third-order valence-corrected chi connectivity index (χ3v) is 4.69. The molecule has 2 heterocycles. The standard InChI is InChI=1S/C19H20IN5O5/c1-12(26)22-19-23-16-15(17(27)24-19)25(10-21-16)11-30-14(7-8-20)9-29-18(28)13-5-3-2-4-6-13/h2-6,10,14H,7-9,11H2,1H3,(H2,22,23,24,26,27). The number of alkyl halides is 1. The number of esters is 1. The number of anilines is 1. The van der Waals surface area contributed by atoms with Gasteiger partial charge in [0.25, 0.3) is 5.56 Å². The Bertz CT molecular complexity index is 1080. The van der Waals surface area contributed by atoms with Gasteiger partial charge in [-0.25, -0.2) is 9.78 Å². The second kappa shape index (κ2) is 10.3. The van der Waals surface area contributed by atoms with Crippen LogP contribution in [-0.2, 0) is 21.0 Å². The number of nitrogens with zero attached hydrogens (tertiary/aromatic N) is 3. The third-order valence-electron chi connectivity index (χ3n) is 4.07. The summed E-state index contributed by atoms with van der Waals surface area (Å²) in [7, 11) is 0. The zero-order valence-corrected chi connectivity index (χ0v) is 18.3. The highest BCUT2D eigenvalue weighted by molar-refractivity contribution is 14.1. The maximum absolute atomic E-state index is 12.4. The van der Waals surface area contributed by atoms with E-state index >= 15 is 0 Å². The van der Waals surface area contributed by atoms with Crippen molar-refractivity contribution >= 4 is 51.6 Å². The number of fused-ring (bicyclic) bond motifs is 1. The van der Waals surface area contributed by atoms with Gasteiger partial charge in [-0.15, -0.1) is 0 Å². The number of halogens is 1. The number of nitrogens with one attached hydrogen (secondary N) is 2. The van der Waals surface area contributed by atoms with Crippen LogP contribution in [0.3, 0.4) is 0 Å². The second-order valence-corrected chi connectivity index (χ2v) is 7.42. The first-order chi connectivity index (χ1) is 14.5. The Hall–Kier alpha value is -2.80. The van der Waals surface area contributed by atoms with Gasteiger partial charge in [-0.05, 0) is 18.6 Å². The molecule has 0 fully saturated rings. The molecule has 0 saturated carbocycles. The van der Waals surface area contributed by atoms with Crippen LogP contribution in [-0.4, -0.2) is 48.5 Å². The van der Waals surface area contributed by atoms with Crippen LogP contribution in [0, 0.1) is 0 Å². The fourth-order valence-corrected chi connectivity index (χ4v) is 3.35. The highest BCUT2D eigenvalue weighted by Crippen LogP contribution is 2.11. The molecule has 0 aliphatic rings. The van der Waals surface area contributed by atoms with Crippen LogP contribution in [0.1, 0.15) is 23.7 Å². The van der Waals surface area contributed by atoms with Crippen molar-refractivity contribution in [3.8, 4) is 0 Å². The molecule has 1 aromatic carbocycles. The molecule has 30 heavy (non-hydrogen) atoms. The Morgan fingerprint density at radius 3 is 2.77 bits per heavy atom. The predicted octanol–water partition coefficient (Wildman–Crippen LogP) is 2.10. The van der Waals surface area contributed by atoms with Gasteiger partial charge in [-0.2, -0.15) is 4.98 Å². The summed E-state index contributed by atoms with van der Waals surface area (Å²) in [6.07, 6.45) is 1.75. The number of H-pyrrole nitrogens is 1. The average Bonchev–Trinajstić information content (AvgIpc) is 3.13. The van der Waals surface area contributed by atoms with Crippen molar-refractivity contribution < 1.29 is 19.1 Å². The zero-order valence-electron chi connectivity index (χ0n) is 16.1. The number of carbonyl (C=O) groups excluding carboxylic acids is 2. The lowest BCUT2D eigenvalue weighted by Gasteiger charge is -2.17. The number of aromatic nitrogens is 4. The van der Waals surface area contributed by atoms with Crippen molar-refractivity contribution in [3.05, 3.63) is 52.6 Å². The van der Waals surface area contributed by atoms with Crippen molar-refractivity contribution in [1.82, 2.24) is 19.5 Å². The van der Waals surface area contributed by atoms with Crippen LogP contribution in [0.25, 0.3) is 11.2 Å². The quantitative estimate of drug-likeness (QED) is 0.249. The molecule has 158 valence electrons. The summed E-state index contributed by atoms with van der Waals surface area (Å²) in [5, 5.41) is 2.42. The summed E-state index contributed by atoms with van der Waals surface area (Å²) in [4.78, 5) is 46.4. The van der Waals surface area contributed by atoms with Crippen LogP contribution in [0.15, 0.2) is 41.5 Å². The first kappa shape index (κ1) is 21.9. The van der Waals surface area contributed by atoms with E-state index in [9.17, 15) is 14.4 Å². The molecule has 2 N–H and O–H groups in total. The smallest absolute Gasteiger partial charge is 0.338 e. The van der Waals surface area contributed by atoms with Crippen molar-refractivity contribution in [2.45, 2.75) is 26.2 Å². The number of carbonyl (C=O) groups is 2. The van der Waals surface area contributed by atoms with Crippen LogP contribution in [0.4, 0.5) is 5.95 Å². The lowest BCUT2D eigenvalue weighted by atomic mass is 10.2. The summed E-state index contributed by atoms with van der Waals surface area (Å²) in [5.41, 5.74) is 0.426. The number of hydrogen-bond donors (Lipinski definition) is 2. The predicted molar refractivity (Wildman–Crippen MR) is 118 cm³/mol. The van der Waals surface area contributed by atoms with Gasteiger partial charge in [-0.1, -0.05) is 40.8 Å². The number of rotatable bonds is 9. The Morgan fingerprint density at radius 1 is 1.30 bits per heavy atom. The molecule has 0 saturated heterocycles. The van der Waals surface area contributed by atoms with E-state index in [1.165, 1.54) is 17.8 Å². The van der Waals surface area contributed by atoms with Crippen LogP contribution in [0.5, 0.6) is 0 Å². The summed E-state index contributed by atoms with van der Waals surface area (Å²) in [5.74, 6) is -0.745. The van der Waals surface area contributed by atoms with Crippen molar-refractivity contribution in [2.75, 3.05) is 16.4 Å². The molecule has 0 bridgehead atoms. The largest absolute Gasteiger partial charge is 0.459 e. The fraction of sp³-hybridized carbons (Fsp3) is 0.316. The molecule has 11 heteroatoms. The molecular weight excluding hydrogens is 505 g/mol. The van der Waals surface area contributed by atoms with Gasteiger partial charge in [0.15, 0.2) is 11.2 Å². The molecule has 1 unspecified atom stereocenters. The molecule has 0 spiro atoms. The maximum atomic E-state index is 12.4. The molecule has 1 amide bonds. The first-order valence-electron chi connectivity index (χ1n) is 9.10. The van der Waals surface area contributed by atoms with Gasteiger partial charge in [-0.3, -0.25) is 19.9 Å². The van der Waals surface area contributed by atoms with Crippen molar-refractivity contribution in [3.63, 3.8) is 0 Å². The van der Waals surface area contributed by atoms with E-state index in [4.69, 9.17) is 9.47 Å². The number of imidazole rings is 1. The molecule has 0 radical (unpaired) electrons. The fourth-order valence-electron chi connectivity index (χ4n) is 2.66. The van der Waals surface area contributed by atoms with Crippen LogP contribution >= 0.6 is 22.6 Å². The summed E-state index contributed by atoms with van der Waals surface area (Å²) in [6, 6.07) is 8.72. The number of aromatic amines is 1. The van der Waals surface area contributed by atoms with E-state index in [-0.39, 0.29) is 42.5 Å². The van der Waals surface area contributed by atoms with Crippen LogP contribution in [0.2, 0.25) is 0 Å². The molecule has 0 aliphatic carbocycles. The first-order valence-corrected chi connectivity index (χ1v) is 10.6. The summed E-state index contributed by atoms with van der Waals surface area (Å²) < 4.78 is 13.5. The summed E-state index contributed by atoms with van der Waals surface area (Å²) in [6.45, 7) is 1.43. The second-order valence-electron chi connectivity index (χ2n) is 6.34. The van der Waals surface area contributed by atoms with Gasteiger partial charge < -0.3 is 14.0 Å². The van der Waals surface area contributed by atoms with E-state index in [1.807, 2.05) is 6.07 Å². The number of ether oxygens (including phenoxy) is 2. The van der Waals surface area contributed by atoms with Crippen molar-refractivity contribution in [1.29, 1.82) is 0 Å². The lowest BCUT2D eigenvalue weighted by Crippen LogP contribution is -2.25. The SMILES string of the molecule is CC(=O)Nc1nc2ncn(COC(CCI)COC(=O)c3ccccc3)c2c(=O)[nH]1. The zero-order chi connectivity index (χ0) is 21.5. The Labute approximate surface area is 185 Å². The van der Waals surface area contributed by atoms with E-state index in [0.717, 1.165) is 4.43 Å². The molecule has 2 aromatic heterocycles. The highest BCUT2D eigenvalue weighted by atomic mass is 127. The Kier molecular flexibility index (Phi) is 7.52. The highest BCUT2D eigenvalue weighted by Gasteiger charge is 2.16. The van der Waals surface area contributed by atoms with Gasteiger partial charge in [0, 0.05) is 11.4 Å². The molecule has 10 nitrogen and oxygen atoms in total. The van der Waals surface area contributed by atoms with Gasteiger partial charge in [0.1, 0.15) is 13.3 Å². The van der Waals surface area contributed by atoms with E-state index in [2.05, 4.69) is 42.9 Å². The van der Waals surface area contributed by atoms with Crippen LogP contribution < -0.4 is 10.9 Å². The minimum Gasteiger partial charge on any atom is -0.459 e. The van der Waals surface area contributed by atoms with Gasteiger partial charge >= 0.3 is 5.97 Å².